The largest absolute Gasteiger partial charge is 0.462 e. The molecule has 1 atom stereocenters. The maximum atomic E-state index is 12.1. The van der Waals surface area contributed by atoms with E-state index in [1.807, 2.05) is 0 Å². The van der Waals surface area contributed by atoms with Crippen LogP contribution in [0.4, 0.5) is 0 Å². The first kappa shape index (κ1) is 41.9. The van der Waals surface area contributed by atoms with Crippen molar-refractivity contribution < 1.29 is 24.2 Å². The summed E-state index contributed by atoms with van der Waals surface area (Å²) in [5.74, 6) is -0.579. The van der Waals surface area contributed by atoms with Crippen molar-refractivity contribution in [1.29, 1.82) is 0 Å². The summed E-state index contributed by atoms with van der Waals surface area (Å²) in [4.78, 5) is 24.1. The molecule has 0 radical (unpaired) electrons. The van der Waals surface area contributed by atoms with E-state index in [1.54, 1.807) is 0 Å². The van der Waals surface area contributed by atoms with Crippen molar-refractivity contribution in [1.82, 2.24) is 0 Å². The lowest BCUT2D eigenvalue weighted by molar-refractivity contribution is -0.161. The van der Waals surface area contributed by atoms with Gasteiger partial charge in [0.25, 0.3) is 0 Å². The number of carbonyl (C=O) groups is 2. The highest BCUT2D eigenvalue weighted by Gasteiger charge is 2.16. The topological polar surface area (TPSA) is 72.8 Å². The van der Waals surface area contributed by atoms with E-state index in [1.165, 1.54) is 148 Å². The highest BCUT2D eigenvalue weighted by molar-refractivity contribution is 5.70. The average Bonchev–Trinajstić information content (AvgIpc) is 3.01. The van der Waals surface area contributed by atoms with E-state index in [0.29, 0.717) is 12.8 Å². The van der Waals surface area contributed by atoms with Gasteiger partial charge in [-0.05, 0) is 12.8 Å². The third kappa shape index (κ3) is 33.6. The normalized spacial score (nSPS) is 12.0. The molecule has 43 heavy (non-hydrogen) atoms. The second-order valence-corrected chi connectivity index (χ2v) is 13.0. The van der Waals surface area contributed by atoms with E-state index >= 15 is 0 Å². The zero-order chi connectivity index (χ0) is 31.5. The van der Waals surface area contributed by atoms with Crippen LogP contribution >= 0.6 is 0 Å². The summed E-state index contributed by atoms with van der Waals surface area (Å²) in [6.45, 7) is 4.14. The molecule has 1 N–H and O–H groups in total. The molecule has 0 aliphatic heterocycles. The van der Waals surface area contributed by atoms with Crippen LogP contribution in [-0.4, -0.2) is 36.4 Å². The molecule has 5 nitrogen and oxygen atoms in total. The smallest absolute Gasteiger partial charge is 0.306 e. The van der Waals surface area contributed by atoms with Crippen LogP contribution in [0.1, 0.15) is 213 Å². The van der Waals surface area contributed by atoms with E-state index in [4.69, 9.17) is 9.47 Å². The van der Waals surface area contributed by atoms with Gasteiger partial charge in [0.15, 0.2) is 6.10 Å². The fourth-order valence-corrected chi connectivity index (χ4v) is 5.73. The Labute approximate surface area is 268 Å². The van der Waals surface area contributed by atoms with E-state index in [9.17, 15) is 14.7 Å². The quantitative estimate of drug-likeness (QED) is 0.0571. The van der Waals surface area contributed by atoms with Crippen molar-refractivity contribution in [3.63, 3.8) is 0 Å². The van der Waals surface area contributed by atoms with Crippen LogP contribution in [0.25, 0.3) is 0 Å². The zero-order valence-corrected chi connectivity index (χ0v) is 29.0. The molecule has 0 spiro atoms. The first-order valence-corrected chi connectivity index (χ1v) is 19.1. The number of unbranched alkanes of at least 4 members (excludes halogenated alkanes) is 27. The SMILES string of the molecule is CCCCCCCCCCCCCCCCCCCCCC(=O)O[C@@H](CO)COC(=O)CCCCCCCCCCCC. The number of hydrogen-bond acceptors (Lipinski definition) is 5. The Morgan fingerprint density at radius 3 is 1.02 bits per heavy atom. The van der Waals surface area contributed by atoms with Gasteiger partial charge in [-0.2, -0.15) is 0 Å². The minimum atomic E-state index is -0.760. The van der Waals surface area contributed by atoms with Crippen molar-refractivity contribution in [2.45, 2.75) is 219 Å². The van der Waals surface area contributed by atoms with Gasteiger partial charge in [0, 0.05) is 12.8 Å². The summed E-state index contributed by atoms with van der Waals surface area (Å²) in [6, 6.07) is 0. The second kappa shape index (κ2) is 35.4. The standard InChI is InChI=1S/C38H74O5/c1-3-5-7-9-11-13-15-16-17-18-19-20-21-22-23-25-27-29-31-33-38(41)43-36(34-39)35-42-37(40)32-30-28-26-24-14-12-10-8-6-4-2/h36,39H,3-35H2,1-2H3/t36-/m0/s1. The summed E-state index contributed by atoms with van der Waals surface area (Å²) in [6.07, 6.45) is 37.4. The lowest BCUT2D eigenvalue weighted by Gasteiger charge is -2.15. The van der Waals surface area contributed by atoms with Crippen molar-refractivity contribution in [3.8, 4) is 0 Å². The molecule has 0 bridgehead atoms. The Morgan fingerprint density at radius 2 is 0.721 bits per heavy atom. The highest BCUT2D eigenvalue weighted by atomic mass is 16.6. The summed E-state index contributed by atoms with van der Waals surface area (Å²) in [5.41, 5.74) is 0. The third-order valence-corrected chi connectivity index (χ3v) is 8.65. The van der Waals surface area contributed by atoms with Gasteiger partial charge in [-0.3, -0.25) is 9.59 Å². The molecule has 0 aliphatic carbocycles. The molecule has 0 rings (SSSR count). The van der Waals surface area contributed by atoms with Crippen molar-refractivity contribution in [2.75, 3.05) is 13.2 Å². The fourth-order valence-electron chi connectivity index (χ4n) is 5.73. The van der Waals surface area contributed by atoms with Crippen LogP contribution in [0.15, 0.2) is 0 Å². The number of esters is 2. The van der Waals surface area contributed by atoms with Gasteiger partial charge in [0.1, 0.15) is 6.61 Å². The minimum Gasteiger partial charge on any atom is -0.462 e. The van der Waals surface area contributed by atoms with Crippen LogP contribution in [0.5, 0.6) is 0 Å². The van der Waals surface area contributed by atoms with Crippen LogP contribution < -0.4 is 0 Å². The van der Waals surface area contributed by atoms with Gasteiger partial charge in [-0.25, -0.2) is 0 Å². The van der Waals surface area contributed by atoms with E-state index in [-0.39, 0.29) is 25.2 Å². The van der Waals surface area contributed by atoms with Gasteiger partial charge in [0.05, 0.1) is 6.61 Å². The third-order valence-electron chi connectivity index (χ3n) is 8.65. The average molecular weight is 611 g/mol. The molecule has 256 valence electrons. The summed E-state index contributed by atoms with van der Waals surface area (Å²) in [7, 11) is 0. The fraction of sp³-hybridized carbons (Fsp3) is 0.947. The molecule has 0 aromatic rings. The number of hydrogen-bond donors (Lipinski definition) is 1. The van der Waals surface area contributed by atoms with Crippen LogP contribution in [0.2, 0.25) is 0 Å². The predicted molar refractivity (Wildman–Crippen MR) is 182 cm³/mol. The Morgan fingerprint density at radius 1 is 0.442 bits per heavy atom. The molecule has 0 unspecified atom stereocenters. The van der Waals surface area contributed by atoms with Crippen LogP contribution in [0.3, 0.4) is 0 Å². The van der Waals surface area contributed by atoms with Crippen molar-refractivity contribution >= 4 is 11.9 Å². The highest BCUT2D eigenvalue weighted by Crippen LogP contribution is 2.15. The van der Waals surface area contributed by atoms with E-state index in [2.05, 4.69) is 13.8 Å². The molecule has 0 aromatic heterocycles. The lowest BCUT2D eigenvalue weighted by Crippen LogP contribution is -2.28. The van der Waals surface area contributed by atoms with E-state index in [0.717, 1.165) is 38.5 Å². The minimum absolute atomic E-state index is 0.0575. The first-order valence-electron chi connectivity index (χ1n) is 19.1. The Hall–Kier alpha value is -1.10. The van der Waals surface area contributed by atoms with Crippen LogP contribution in [-0.2, 0) is 19.1 Å². The zero-order valence-electron chi connectivity index (χ0n) is 29.0. The number of carbonyl (C=O) groups excluding carboxylic acids is 2. The van der Waals surface area contributed by atoms with Gasteiger partial charge in [-0.1, -0.05) is 187 Å². The molecule has 0 heterocycles. The van der Waals surface area contributed by atoms with E-state index < -0.39 is 6.10 Å². The number of aliphatic hydroxyl groups excluding tert-OH is 1. The molecular weight excluding hydrogens is 536 g/mol. The summed E-state index contributed by atoms with van der Waals surface area (Å²) in [5, 5.41) is 9.52. The molecule has 0 fully saturated rings. The Bertz CT molecular complexity index is 579. The molecule has 0 saturated heterocycles. The maximum absolute atomic E-state index is 12.1. The number of rotatable bonds is 35. The Balaban J connectivity index is 3.47. The van der Waals surface area contributed by atoms with Crippen LogP contribution in [0, 0.1) is 0 Å². The second-order valence-electron chi connectivity index (χ2n) is 13.0. The lowest BCUT2D eigenvalue weighted by atomic mass is 10.0. The van der Waals surface area contributed by atoms with Gasteiger partial charge in [-0.15, -0.1) is 0 Å². The Kier molecular flexibility index (Phi) is 34.5. The van der Waals surface area contributed by atoms with Gasteiger partial charge < -0.3 is 14.6 Å². The van der Waals surface area contributed by atoms with Crippen molar-refractivity contribution in [3.05, 3.63) is 0 Å². The number of ether oxygens (including phenoxy) is 2. The monoisotopic (exact) mass is 611 g/mol. The molecule has 5 heteroatoms. The van der Waals surface area contributed by atoms with Gasteiger partial charge in [0.2, 0.25) is 0 Å². The van der Waals surface area contributed by atoms with Crippen molar-refractivity contribution in [2.24, 2.45) is 0 Å². The predicted octanol–water partition coefficient (Wildman–Crippen LogP) is 11.6. The number of aliphatic hydroxyl groups is 1. The molecule has 0 aromatic carbocycles. The molecular formula is C38H74O5. The summed E-state index contributed by atoms with van der Waals surface area (Å²) < 4.78 is 10.6. The summed E-state index contributed by atoms with van der Waals surface area (Å²) >= 11 is 0. The van der Waals surface area contributed by atoms with Gasteiger partial charge >= 0.3 is 11.9 Å². The first-order chi connectivity index (χ1) is 21.1. The maximum Gasteiger partial charge on any atom is 0.306 e. The molecule has 0 saturated carbocycles. The molecule has 0 aliphatic rings. The molecule has 0 amide bonds.